The van der Waals surface area contributed by atoms with Crippen LogP contribution < -0.4 is 5.32 Å². The number of pyridine rings is 1. The minimum absolute atomic E-state index is 0.115. The van der Waals surface area contributed by atoms with Gasteiger partial charge in [0.25, 0.3) is 5.91 Å². The molecule has 0 aliphatic rings. The van der Waals surface area contributed by atoms with Crippen LogP contribution in [0.4, 0.5) is 18.3 Å². The van der Waals surface area contributed by atoms with Gasteiger partial charge >= 0.3 is 6.18 Å². The number of anilines is 1. The number of alkyl halides is 3. The standard InChI is InChI=1S/C17H16F3N5OS/c1-9(2)14-12(15(26)24-16-23-10(3)8-27-16)7-22-25(14)13-5-4-11(6-21-13)17(18,19)20/h4-9H,1-3H3,(H,23,24,26). The Morgan fingerprint density at radius 3 is 2.52 bits per heavy atom. The lowest BCUT2D eigenvalue weighted by atomic mass is 10.1. The van der Waals surface area contributed by atoms with Crippen LogP contribution in [0.5, 0.6) is 0 Å². The molecule has 1 N–H and O–H groups in total. The highest BCUT2D eigenvalue weighted by atomic mass is 32.1. The van der Waals surface area contributed by atoms with Crippen LogP contribution in [0.2, 0.25) is 0 Å². The summed E-state index contributed by atoms with van der Waals surface area (Å²) in [4.78, 5) is 20.7. The summed E-state index contributed by atoms with van der Waals surface area (Å²) in [6.45, 7) is 5.55. The average molecular weight is 395 g/mol. The largest absolute Gasteiger partial charge is 0.417 e. The van der Waals surface area contributed by atoms with E-state index in [9.17, 15) is 18.0 Å². The zero-order valence-corrected chi connectivity index (χ0v) is 15.5. The Balaban J connectivity index is 1.94. The van der Waals surface area contributed by atoms with E-state index in [1.54, 1.807) is 0 Å². The van der Waals surface area contributed by atoms with Gasteiger partial charge in [-0.1, -0.05) is 13.8 Å². The summed E-state index contributed by atoms with van der Waals surface area (Å²) in [5, 5.41) is 9.16. The van der Waals surface area contributed by atoms with Gasteiger partial charge in [0.1, 0.15) is 0 Å². The molecule has 0 saturated heterocycles. The van der Waals surface area contributed by atoms with Gasteiger partial charge in [0.05, 0.1) is 28.7 Å². The molecule has 0 aliphatic carbocycles. The molecule has 0 fully saturated rings. The van der Waals surface area contributed by atoms with Crippen molar-refractivity contribution in [3.05, 3.63) is 52.4 Å². The second-order valence-electron chi connectivity index (χ2n) is 6.16. The molecule has 0 atom stereocenters. The summed E-state index contributed by atoms with van der Waals surface area (Å²) in [7, 11) is 0. The Morgan fingerprint density at radius 1 is 1.26 bits per heavy atom. The number of aromatic nitrogens is 4. The van der Waals surface area contributed by atoms with Crippen molar-refractivity contribution in [2.75, 3.05) is 5.32 Å². The van der Waals surface area contributed by atoms with Gasteiger partial charge in [-0.25, -0.2) is 14.6 Å². The van der Waals surface area contributed by atoms with Gasteiger partial charge in [-0.3, -0.25) is 10.1 Å². The van der Waals surface area contributed by atoms with Crippen molar-refractivity contribution >= 4 is 22.4 Å². The number of aryl methyl sites for hydroxylation is 1. The van der Waals surface area contributed by atoms with Crippen molar-refractivity contribution in [2.45, 2.75) is 32.9 Å². The van der Waals surface area contributed by atoms with Crippen molar-refractivity contribution in [1.82, 2.24) is 19.7 Å². The van der Waals surface area contributed by atoms with Crippen LogP contribution in [0.3, 0.4) is 0 Å². The zero-order chi connectivity index (χ0) is 19.8. The SMILES string of the molecule is Cc1csc(NC(=O)c2cnn(-c3ccc(C(F)(F)F)cn3)c2C(C)C)n1. The van der Waals surface area contributed by atoms with E-state index in [2.05, 4.69) is 20.4 Å². The number of nitrogens with zero attached hydrogens (tertiary/aromatic N) is 4. The Bertz CT molecular complexity index is 960. The molecule has 142 valence electrons. The third-order valence-electron chi connectivity index (χ3n) is 3.73. The van der Waals surface area contributed by atoms with E-state index in [1.807, 2.05) is 26.2 Å². The third kappa shape index (κ3) is 4.00. The maximum Gasteiger partial charge on any atom is 0.417 e. The molecular weight excluding hydrogens is 379 g/mol. The molecule has 3 aromatic rings. The first-order chi connectivity index (χ1) is 12.7. The van der Waals surface area contributed by atoms with Gasteiger partial charge < -0.3 is 0 Å². The summed E-state index contributed by atoms with van der Waals surface area (Å²) in [5.41, 5.74) is 0.818. The molecule has 0 unspecified atom stereocenters. The van der Waals surface area contributed by atoms with E-state index < -0.39 is 11.7 Å². The predicted molar refractivity (Wildman–Crippen MR) is 95.3 cm³/mol. The first-order valence-electron chi connectivity index (χ1n) is 8.02. The van der Waals surface area contributed by atoms with Crippen LogP contribution in [-0.2, 0) is 6.18 Å². The number of rotatable bonds is 4. The molecule has 0 bridgehead atoms. The van der Waals surface area contributed by atoms with Crippen molar-refractivity contribution in [2.24, 2.45) is 0 Å². The first-order valence-corrected chi connectivity index (χ1v) is 8.90. The van der Waals surface area contributed by atoms with Crippen LogP contribution >= 0.6 is 11.3 Å². The molecule has 3 rings (SSSR count). The van der Waals surface area contributed by atoms with Gasteiger partial charge in [-0.05, 0) is 25.0 Å². The Kier molecular flexibility index (Phi) is 5.01. The number of nitrogens with one attached hydrogen (secondary N) is 1. The molecular formula is C17H16F3N5OS. The van der Waals surface area contributed by atoms with Crippen molar-refractivity contribution < 1.29 is 18.0 Å². The topological polar surface area (TPSA) is 72.7 Å². The Labute approximate surface area is 157 Å². The Hall–Kier alpha value is -2.75. The molecule has 27 heavy (non-hydrogen) atoms. The van der Waals surface area contributed by atoms with Crippen LogP contribution in [0.1, 0.15) is 47.1 Å². The summed E-state index contributed by atoms with van der Waals surface area (Å²) in [6.07, 6.45) is -2.34. The summed E-state index contributed by atoms with van der Waals surface area (Å²) >= 11 is 1.30. The average Bonchev–Trinajstić information content (AvgIpc) is 3.20. The summed E-state index contributed by atoms with van der Waals surface area (Å²) < 4.78 is 39.6. The minimum atomic E-state index is -4.46. The second kappa shape index (κ2) is 7.10. The molecule has 1 amide bonds. The minimum Gasteiger partial charge on any atom is -0.298 e. The maximum absolute atomic E-state index is 12.7. The predicted octanol–water partition coefficient (Wildman–Crippen LogP) is 4.43. The van der Waals surface area contributed by atoms with Crippen molar-refractivity contribution in [1.29, 1.82) is 0 Å². The van der Waals surface area contributed by atoms with Crippen LogP contribution in [0.25, 0.3) is 5.82 Å². The number of thiazole rings is 1. The number of hydrogen-bond donors (Lipinski definition) is 1. The van der Waals surface area contributed by atoms with E-state index in [0.29, 0.717) is 16.4 Å². The molecule has 6 nitrogen and oxygen atoms in total. The Morgan fingerprint density at radius 2 is 2.00 bits per heavy atom. The highest BCUT2D eigenvalue weighted by Gasteiger charge is 2.31. The third-order valence-corrected chi connectivity index (χ3v) is 4.61. The lowest BCUT2D eigenvalue weighted by Crippen LogP contribution is -2.16. The number of carbonyl (C=O) groups is 1. The summed E-state index contributed by atoms with van der Waals surface area (Å²) in [6, 6.07) is 2.17. The fourth-order valence-electron chi connectivity index (χ4n) is 2.53. The van der Waals surface area contributed by atoms with Crippen LogP contribution in [0, 0.1) is 6.92 Å². The quantitative estimate of drug-likeness (QED) is 0.709. The van der Waals surface area contributed by atoms with Crippen molar-refractivity contribution in [3.8, 4) is 5.82 Å². The molecule has 3 aromatic heterocycles. The van der Waals surface area contributed by atoms with E-state index in [4.69, 9.17) is 0 Å². The smallest absolute Gasteiger partial charge is 0.298 e. The maximum atomic E-state index is 12.7. The van der Waals surface area contributed by atoms with Crippen LogP contribution in [0.15, 0.2) is 29.9 Å². The number of hydrogen-bond acceptors (Lipinski definition) is 5. The van der Waals surface area contributed by atoms with Crippen LogP contribution in [-0.4, -0.2) is 25.7 Å². The van der Waals surface area contributed by atoms with E-state index in [-0.39, 0.29) is 17.6 Å². The van der Waals surface area contributed by atoms with Gasteiger partial charge in [0.2, 0.25) is 0 Å². The van der Waals surface area contributed by atoms with E-state index >= 15 is 0 Å². The molecule has 10 heteroatoms. The van der Waals surface area contributed by atoms with Gasteiger partial charge in [-0.15, -0.1) is 11.3 Å². The molecule has 0 radical (unpaired) electrons. The molecule has 0 saturated carbocycles. The molecule has 0 aliphatic heterocycles. The monoisotopic (exact) mass is 395 g/mol. The number of halogens is 3. The molecule has 0 aromatic carbocycles. The normalized spacial score (nSPS) is 11.8. The summed E-state index contributed by atoms with van der Waals surface area (Å²) in [5.74, 6) is -0.294. The number of amides is 1. The fraction of sp³-hybridized carbons (Fsp3) is 0.294. The highest BCUT2D eigenvalue weighted by molar-refractivity contribution is 7.13. The van der Waals surface area contributed by atoms with Gasteiger partial charge in [-0.2, -0.15) is 18.3 Å². The fourth-order valence-corrected chi connectivity index (χ4v) is 3.21. The molecule has 0 spiro atoms. The lowest BCUT2D eigenvalue weighted by Gasteiger charge is -2.13. The lowest BCUT2D eigenvalue weighted by molar-refractivity contribution is -0.137. The van der Waals surface area contributed by atoms with Gasteiger partial charge in [0, 0.05) is 11.6 Å². The first kappa shape index (κ1) is 19.0. The van der Waals surface area contributed by atoms with E-state index in [0.717, 1.165) is 18.0 Å². The highest BCUT2D eigenvalue weighted by Crippen LogP contribution is 2.29. The zero-order valence-electron chi connectivity index (χ0n) is 14.7. The van der Waals surface area contributed by atoms with E-state index in [1.165, 1.54) is 28.3 Å². The second-order valence-corrected chi connectivity index (χ2v) is 7.02. The number of carbonyl (C=O) groups excluding carboxylic acids is 1. The molecule has 3 heterocycles. The van der Waals surface area contributed by atoms with Crippen molar-refractivity contribution in [3.63, 3.8) is 0 Å². The van der Waals surface area contributed by atoms with Gasteiger partial charge in [0.15, 0.2) is 10.9 Å².